The third kappa shape index (κ3) is 3.97. The van der Waals surface area contributed by atoms with E-state index in [0.29, 0.717) is 49.3 Å². The van der Waals surface area contributed by atoms with Crippen LogP contribution in [0, 0.1) is 0 Å². The second kappa shape index (κ2) is 8.29. The third-order valence-corrected chi connectivity index (χ3v) is 7.02. The SMILES string of the molecule is O=c1c2c(c(-c3ccccc3Br)nn1-c1cc(N3CC[C@H](O)C3)ccc1C(F)(F)F)CCC2. The first-order valence-electron chi connectivity index (χ1n) is 10.8. The van der Waals surface area contributed by atoms with Crippen LogP contribution in [0.25, 0.3) is 16.9 Å². The van der Waals surface area contributed by atoms with E-state index in [-0.39, 0.29) is 5.69 Å². The number of β-amino-alcohol motifs (C(OH)–C–C–N with tert-alkyl or cyclic N) is 1. The number of aromatic nitrogens is 2. The molecule has 2 aromatic carbocycles. The molecule has 0 radical (unpaired) electrons. The molecule has 0 bridgehead atoms. The van der Waals surface area contributed by atoms with E-state index < -0.39 is 23.4 Å². The number of anilines is 1. The summed E-state index contributed by atoms with van der Waals surface area (Å²) in [7, 11) is 0. The van der Waals surface area contributed by atoms with Gasteiger partial charge in [0.05, 0.1) is 23.0 Å². The Bertz CT molecular complexity index is 1290. The van der Waals surface area contributed by atoms with Gasteiger partial charge >= 0.3 is 6.18 Å². The Morgan fingerprint density at radius 3 is 2.55 bits per heavy atom. The van der Waals surface area contributed by atoms with Gasteiger partial charge in [-0.2, -0.15) is 23.0 Å². The van der Waals surface area contributed by atoms with Crippen LogP contribution in [-0.4, -0.2) is 34.1 Å². The predicted octanol–water partition coefficient (Wildman–Crippen LogP) is 4.74. The fourth-order valence-electron chi connectivity index (χ4n) is 4.72. The molecule has 1 saturated heterocycles. The van der Waals surface area contributed by atoms with Gasteiger partial charge in [0.25, 0.3) is 5.56 Å². The zero-order chi connectivity index (χ0) is 23.3. The number of halogens is 4. The van der Waals surface area contributed by atoms with Crippen molar-refractivity contribution >= 4 is 21.6 Å². The highest BCUT2D eigenvalue weighted by Gasteiger charge is 2.36. The molecule has 2 heterocycles. The number of aliphatic hydroxyl groups excluding tert-OH is 1. The monoisotopic (exact) mass is 519 g/mol. The molecule has 1 aromatic heterocycles. The third-order valence-electron chi connectivity index (χ3n) is 6.33. The number of alkyl halides is 3. The van der Waals surface area contributed by atoms with Crippen LogP contribution >= 0.6 is 15.9 Å². The summed E-state index contributed by atoms with van der Waals surface area (Å²) in [6.07, 6.45) is -2.73. The molecule has 0 spiro atoms. The first-order chi connectivity index (χ1) is 15.7. The van der Waals surface area contributed by atoms with Crippen molar-refractivity contribution in [1.82, 2.24) is 9.78 Å². The van der Waals surface area contributed by atoms with Gasteiger partial charge < -0.3 is 10.0 Å². The van der Waals surface area contributed by atoms with Gasteiger partial charge in [-0.3, -0.25) is 4.79 Å². The minimum Gasteiger partial charge on any atom is -0.391 e. The van der Waals surface area contributed by atoms with Crippen molar-refractivity contribution in [3.05, 3.63) is 74.0 Å². The van der Waals surface area contributed by atoms with Crippen LogP contribution in [0.3, 0.4) is 0 Å². The van der Waals surface area contributed by atoms with Crippen LogP contribution in [0.2, 0.25) is 0 Å². The number of rotatable bonds is 3. The topological polar surface area (TPSA) is 58.4 Å². The van der Waals surface area contributed by atoms with E-state index in [1.807, 2.05) is 29.2 Å². The summed E-state index contributed by atoms with van der Waals surface area (Å²) in [5.74, 6) is 0. The number of nitrogens with zero attached hydrogens (tertiary/aromatic N) is 3. The van der Waals surface area contributed by atoms with Gasteiger partial charge in [-0.05, 0) is 55.5 Å². The molecule has 3 aromatic rings. The molecule has 1 atom stereocenters. The van der Waals surface area contributed by atoms with Crippen molar-refractivity contribution in [3.63, 3.8) is 0 Å². The van der Waals surface area contributed by atoms with Crippen LogP contribution in [0.1, 0.15) is 29.5 Å². The maximum atomic E-state index is 14.0. The highest BCUT2D eigenvalue weighted by atomic mass is 79.9. The number of hydrogen-bond acceptors (Lipinski definition) is 4. The molecular weight excluding hydrogens is 499 g/mol. The number of benzene rings is 2. The van der Waals surface area contributed by atoms with E-state index in [0.717, 1.165) is 32.8 Å². The zero-order valence-electron chi connectivity index (χ0n) is 17.6. The predicted molar refractivity (Wildman–Crippen MR) is 123 cm³/mol. The van der Waals surface area contributed by atoms with E-state index >= 15 is 0 Å². The van der Waals surface area contributed by atoms with Gasteiger partial charge in [-0.25, -0.2) is 0 Å². The molecule has 9 heteroatoms. The second-order valence-electron chi connectivity index (χ2n) is 8.44. The lowest BCUT2D eigenvalue weighted by Gasteiger charge is -2.22. The van der Waals surface area contributed by atoms with Gasteiger partial charge in [0, 0.05) is 34.4 Å². The molecule has 5 rings (SSSR count). The normalized spacial score (nSPS) is 18.1. The van der Waals surface area contributed by atoms with E-state index in [1.165, 1.54) is 12.1 Å². The number of aliphatic hydroxyl groups is 1. The Morgan fingerprint density at radius 2 is 1.85 bits per heavy atom. The second-order valence-corrected chi connectivity index (χ2v) is 9.30. The van der Waals surface area contributed by atoms with Crippen LogP contribution < -0.4 is 10.5 Å². The molecule has 1 aliphatic carbocycles. The highest BCUT2D eigenvalue weighted by molar-refractivity contribution is 9.10. The van der Waals surface area contributed by atoms with Gasteiger partial charge in [0.15, 0.2) is 0 Å². The fraction of sp³-hybridized carbons (Fsp3) is 0.333. The average molecular weight is 520 g/mol. The van der Waals surface area contributed by atoms with Crippen molar-refractivity contribution in [2.45, 2.75) is 38.0 Å². The summed E-state index contributed by atoms with van der Waals surface area (Å²) < 4.78 is 43.7. The van der Waals surface area contributed by atoms with Crippen LogP contribution in [0.15, 0.2) is 51.7 Å². The molecule has 5 nitrogen and oxygen atoms in total. The minimum absolute atomic E-state index is 0.297. The smallest absolute Gasteiger partial charge is 0.391 e. The molecule has 0 unspecified atom stereocenters. The summed E-state index contributed by atoms with van der Waals surface area (Å²) in [5.41, 5.74) is 1.36. The summed E-state index contributed by atoms with van der Waals surface area (Å²) in [5, 5.41) is 14.4. The lowest BCUT2D eigenvalue weighted by atomic mass is 10.0. The first kappa shape index (κ1) is 22.2. The molecule has 1 aliphatic heterocycles. The minimum atomic E-state index is -4.66. The lowest BCUT2D eigenvalue weighted by molar-refractivity contribution is -0.137. The molecule has 172 valence electrons. The van der Waals surface area contributed by atoms with Crippen molar-refractivity contribution in [2.24, 2.45) is 0 Å². The van der Waals surface area contributed by atoms with E-state index in [1.54, 1.807) is 0 Å². The van der Waals surface area contributed by atoms with E-state index in [4.69, 9.17) is 0 Å². The maximum absolute atomic E-state index is 14.0. The van der Waals surface area contributed by atoms with Crippen LogP contribution in [0.5, 0.6) is 0 Å². The Labute approximate surface area is 196 Å². The van der Waals surface area contributed by atoms with Gasteiger partial charge in [-0.15, -0.1) is 0 Å². The molecule has 1 fully saturated rings. The Morgan fingerprint density at radius 1 is 1.09 bits per heavy atom. The van der Waals surface area contributed by atoms with Crippen molar-refractivity contribution in [1.29, 1.82) is 0 Å². The van der Waals surface area contributed by atoms with Crippen LogP contribution in [-0.2, 0) is 19.0 Å². The molecule has 33 heavy (non-hydrogen) atoms. The van der Waals surface area contributed by atoms with Gasteiger partial charge in [-0.1, -0.05) is 34.1 Å². The lowest BCUT2D eigenvalue weighted by Crippen LogP contribution is -2.29. The fourth-order valence-corrected chi connectivity index (χ4v) is 5.19. The summed E-state index contributed by atoms with van der Waals surface area (Å²) in [6, 6.07) is 11.1. The molecular formula is C24H21BrF3N3O2. The quantitative estimate of drug-likeness (QED) is 0.542. The molecule has 1 N–H and O–H groups in total. The number of fused-ring (bicyclic) bond motifs is 1. The Kier molecular flexibility index (Phi) is 5.56. The Hall–Kier alpha value is -2.65. The largest absolute Gasteiger partial charge is 0.418 e. The van der Waals surface area contributed by atoms with E-state index in [2.05, 4.69) is 21.0 Å². The summed E-state index contributed by atoms with van der Waals surface area (Å²) >= 11 is 3.51. The van der Waals surface area contributed by atoms with Crippen LogP contribution in [0.4, 0.5) is 18.9 Å². The summed E-state index contributed by atoms with van der Waals surface area (Å²) in [6.45, 7) is 0.861. The standard InChI is InChI=1S/C24H21BrF3N3O2/c25-20-7-2-1-4-18(20)22-16-5-3-6-17(16)23(33)31(29-22)21-12-14(30-11-10-15(32)13-30)8-9-19(21)24(26,27)28/h1-2,4,7-9,12,15,32H,3,5-6,10-11,13H2/t15-/m0/s1. The Balaban J connectivity index is 1.76. The van der Waals surface area contributed by atoms with Gasteiger partial charge in [0.1, 0.15) is 0 Å². The highest BCUT2D eigenvalue weighted by Crippen LogP contribution is 2.38. The first-order valence-corrected chi connectivity index (χ1v) is 11.6. The maximum Gasteiger partial charge on any atom is 0.418 e. The summed E-state index contributed by atoms with van der Waals surface area (Å²) in [4.78, 5) is 15.2. The van der Waals surface area contributed by atoms with E-state index in [9.17, 15) is 23.1 Å². The van der Waals surface area contributed by atoms with Crippen molar-refractivity contribution in [3.8, 4) is 16.9 Å². The van der Waals surface area contributed by atoms with Gasteiger partial charge in [0.2, 0.25) is 0 Å². The molecule has 2 aliphatic rings. The molecule has 0 saturated carbocycles. The van der Waals surface area contributed by atoms with Crippen molar-refractivity contribution in [2.75, 3.05) is 18.0 Å². The van der Waals surface area contributed by atoms with Crippen molar-refractivity contribution < 1.29 is 18.3 Å². The molecule has 0 amide bonds. The zero-order valence-corrected chi connectivity index (χ0v) is 19.2. The average Bonchev–Trinajstić information content (AvgIpc) is 3.43. The number of hydrogen-bond donors (Lipinski definition) is 1.